The minimum absolute atomic E-state index is 0.124. The largest absolute Gasteiger partial charge is 0.393 e. The first kappa shape index (κ1) is 11.5. The molecule has 0 radical (unpaired) electrons. The zero-order valence-corrected chi connectivity index (χ0v) is 8.72. The molecule has 16 heavy (non-hydrogen) atoms. The summed E-state index contributed by atoms with van der Waals surface area (Å²) >= 11 is 0. The first-order chi connectivity index (χ1) is 7.59. The summed E-state index contributed by atoms with van der Waals surface area (Å²) in [4.78, 5) is 0. The Morgan fingerprint density at radius 2 is 1.88 bits per heavy atom. The summed E-state index contributed by atoms with van der Waals surface area (Å²) in [6.45, 7) is 0. The van der Waals surface area contributed by atoms with Gasteiger partial charge in [0.2, 0.25) is 0 Å². The maximum Gasteiger partial charge on any atom is 0.194 e. The van der Waals surface area contributed by atoms with Crippen molar-refractivity contribution in [2.45, 2.75) is 31.8 Å². The molecule has 1 nitrogen and oxygen atoms in total. The molecule has 1 fully saturated rings. The number of hydrogen-bond donors (Lipinski definition) is 1. The van der Waals surface area contributed by atoms with Crippen molar-refractivity contribution in [2.24, 2.45) is 5.92 Å². The molecule has 1 saturated carbocycles. The van der Waals surface area contributed by atoms with Crippen LogP contribution < -0.4 is 0 Å². The fourth-order valence-corrected chi connectivity index (χ4v) is 1.78. The monoisotopic (exact) mass is 230 g/mol. The highest BCUT2D eigenvalue weighted by Gasteiger charge is 2.29. The molecule has 0 heterocycles. The molecule has 1 N–H and O–H groups in total. The summed E-state index contributed by atoms with van der Waals surface area (Å²) in [5.41, 5.74) is 0.124. The molecule has 0 spiro atoms. The Balaban J connectivity index is 2.01. The van der Waals surface area contributed by atoms with Crippen LogP contribution >= 0.6 is 0 Å². The van der Waals surface area contributed by atoms with E-state index in [0.717, 1.165) is 18.9 Å². The molecule has 0 bridgehead atoms. The van der Waals surface area contributed by atoms with E-state index in [1.807, 2.05) is 0 Å². The van der Waals surface area contributed by atoms with Crippen molar-refractivity contribution < 1.29 is 18.3 Å². The number of rotatable bonds is 4. The maximum atomic E-state index is 13.2. The fourth-order valence-electron chi connectivity index (χ4n) is 1.78. The Morgan fingerprint density at radius 1 is 1.19 bits per heavy atom. The van der Waals surface area contributed by atoms with Crippen molar-refractivity contribution in [3.05, 3.63) is 35.1 Å². The van der Waals surface area contributed by atoms with Crippen molar-refractivity contribution in [3.8, 4) is 0 Å². The lowest BCUT2D eigenvalue weighted by atomic mass is 10.0. The highest BCUT2D eigenvalue weighted by atomic mass is 19.2. The minimum atomic E-state index is -1.43. The van der Waals surface area contributed by atoms with Gasteiger partial charge in [-0.15, -0.1) is 0 Å². The van der Waals surface area contributed by atoms with Crippen LogP contribution in [0.5, 0.6) is 0 Å². The summed E-state index contributed by atoms with van der Waals surface area (Å²) in [5, 5.41) is 9.57. The highest BCUT2D eigenvalue weighted by molar-refractivity contribution is 5.20. The molecule has 0 saturated heterocycles. The molecule has 1 unspecified atom stereocenters. The summed E-state index contributed by atoms with van der Waals surface area (Å²) in [7, 11) is 0. The topological polar surface area (TPSA) is 20.2 Å². The number of aliphatic hydroxyl groups is 1. The first-order valence-corrected chi connectivity index (χ1v) is 5.40. The second kappa shape index (κ2) is 4.45. The van der Waals surface area contributed by atoms with Gasteiger partial charge in [0.25, 0.3) is 0 Å². The van der Waals surface area contributed by atoms with Gasteiger partial charge in [0.15, 0.2) is 17.5 Å². The second-order valence-electron chi connectivity index (χ2n) is 4.28. The molecule has 4 heteroatoms. The lowest BCUT2D eigenvalue weighted by Crippen LogP contribution is -2.11. The molecule has 88 valence electrons. The highest BCUT2D eigenvalue weighted by Crippen LogP contribution is 2.34. The Hall–Kier alpha value is -1.03. The fraction of sp³-hybridized carbons (Fsp3) is 0.500. The lowest BCUT2D eigenvalue weighted by molar-refractivity contribution is 0.141. The van der Waals surface area contributed by atoms with Gasteiger partial charge in [-0.1, -0.05) is 6.07 Å². The van der Waals surface area contributed by atoms with Crippen LogP contribution in [0.4, 0.5) is 13.2 Å². The van der Waals surface area contributed by atoms with Gasteiger partial charge in [-0.3, -0.25) is 0 Å². The third-order valence-corrected chi connectivity index (χ3v) is 2.99. The molecule has 0 aromatic heterocycles. The number of aliphatic hydroxyl groups excluding tert-OH is 1. The quantitative estimate of drug-likeness (QED) is 0.788. The van der Waals surface area contributed by atoms with Crippen molar-refractivity contribution in [3.63, 3.8) is 0 Å². The molecular weight excluding hydrogens is 217 g/mol. The first-order valence-electron chi connectivity index (χ1n) is 5.40. The number of aryl methyl sites for hydroxylation is 1. The maximum absolute atomic E-state index is 13.2. The van der Waals surface area contributed by atoms with Crippen LogP contribution in [-0.4, -0.2) is 11.2 Å². The van der Waals surface area contributed by atoms with Crippen LogP contribution in [0.25, 0.3) is 0 Å². The molecule has 1 aliphatic carbocycles. The van der Waals surface area contributed by atoms with Gasteiger partial charge in [0.05, 0.1) is 6.10 Å². The minimum Gasteiger partial charge on any atom is -0.393 e. The molecule has 0 amide bonds. The van der Waals surface area contributed by atoms with Crippen LogP contribution in [0.3, 0.4) is 0 Å². The second-order valence-corrected chi connectivity index (χ2v) is 4.28. The van der Waals surface area contributed by atoms with Crippen LogP contribution in [0.2, 0.25) is 0 Å². The standard InChI is InChI=1S/C12H13F3O/c13-9-5-3-8(11(14)12(9)15)4-6-10(16)7-1-2-7/h3,5,7,10,16H,1-2,4,6H2. The average molecular weight is 230 g/mol. The average Bonchev–Trinajstić information content (AvgIpc) is 3.08. The Morgan fingerprint density at radius 3 is 2.50 bits per heavy atom. The third-order valence-electron chi connectivity index (χ3n) is 2.99. The molecule has 1 aliphatic rings. The van der Waals surface area contributed by atoms with E-state index in [1.54, 1.807) is 0 Å². The van der Waals surface area contributed by atoms with E-state index >= 15 is 0 Å². The van der Waals surface area contributed by atoms with Gasteiger partial charge >= 0.3 is 0 Å². The van der Waals surface area contributed by atoms with Crippen molar-refractivity contribution >= 4 is 0 Å². The predicted molar refractivity (Wildman–Crippen MR) is 53.4 cm³/mol. The summed E-state index contributed by atoms with van der Waals surface area (Å²) in [6.07, 6.45) is 2.18. The van der Waals surface area contributed by atoms with Crippen LogP contribution in [-0.2, 0) is 6.42 Å². The Labute approximate surface area is 91.9 Å². The number of halogens is 3. The molecule has 2 rings (SSSR count). The Bertz CT molecular complexity index is 388. The van der Waals surface area contributed by atoms with E-state index in [4.69, 9.17) is 0 Å². The van der Waals surface area contributed by atoms with E-state index in [-0.39, 0.29) is 12.0 Å². The van der Waals surface area contributed by atoms with Crippen molar-refractivity contribution in [2.75, 3.05) is 0 Å². The van der Waals surface area contributed by atoms with E-state index in [0.29, 0.717) is 12.3 Å². The molecule has 0 aliphatic heterocycles. The number of benzene rings is 1. The van der Waals surface area contributed by atoms with Crippen LogP contribution in [0.15, 0.2) is 12.1 Å². The predicted octanol–water partition coefficient (Wildman–Crippen LogP) is 2.81. The normalized spacial score (nSPS) is 17.5. The van der Waals surface area contributed by atoms with Gasteiger partial charge in [-0.25, -0.2) is 13.2 Å². The molecular formula is C12H13F3O. The van der Waals surface area contributed by atoms with Crippen molar-refractivity contribution in [1.82, 2.24) is 0 Å². The zero-order valence-electron chi connectivity index (χ0n) is 8.72. The van der Waals surface area contributed by atoms with Crippen molar-refractivity contribution in [1.29, 1.82) is 0 Å². The van der Waals surface area contributed by atoms with Crippen LogP contribution in [0.1, 0.15) is 24.8 Å². The molecule has 1 aromatic rings. The molecule has 1 atom stereocenters. The lowest BCUT2D eigenvalue weighted by Gasteiger charge is -2.09. The zero-order chi connectivity index (χ0) is 11.7. The summed E-state index contributed by atoms with van der Waals surface area (Å²) < 4.78 is 38.7. The third kappa shape index (κ3) is 2.38. The van der Waals surface area contributed by atoms with Gasteiger partial charge in [-0.05, 0) is 43.2 Å². The van der Waals surface area contributed by atoms with Crippen LogP contribution in [0, 0.1) is 23.4 Å². The van der Waals surface area contributed by atoms with Gasteiger partial charge < -0.3 is 5.11 Å². The Kier molecular flexibility index (Phi) is 3.19. The van der Waals surface area contributed by atoms with Gasteiger partial charge in [0.1, 0.15) is 0 Å². The van der Waals surface area contributed by atoms with E-state index < -0.39 is 23.6 Å². The van der Waals surface area contributed by atoms with E-state index in [9.17, 15) is 18.3 Å². The summed E-state index contributed by atoms with van der Waals surface area (Å²) in [6, 6.07) is 2.14. The van der Waals surface area contributed by atoms with Gasteiger partial charge in [0, 0.05) is 0 Å². The summed E-state index contributed by atoms with van der Waals surface area (Å²) in [5.74, 6) is -3.43. The van der Waals surface area contributed by atoms with E-state index in [2.05, 4.69) is 0 Å². The smallest absolute Gasteiger partial charge is 0.194 e. The SMILES string of the molecule is OC(CCc1ccc(F)c(F)c1F)C1CC1. The molecule has 1 aromatic carbocycles. The number of hydrogen-bond acceptors (Lipinski definition) is 1. The van der Waals surface area contributed by atoms with E-state index in [1.165, 1.54) is 6.07 Å². The van der Waals surface area contributed by atoms with Gasteiger partial charge in [-0.2, -0.15) is 0 Å².